The maximum absolute atomic E-state index is 13.5. The highest BCUT2D eigenvalue weighted by atomic mass is 19.4. The molecule has 0 saturated carbocycles. The molecular formula is C13H18F4N2. The number of rotatable bonds is 4. The van der Waals surface area contributed by atoms with Gasteiger partial charge >= 0.3 is 6.18 Å². The summed E-state index contributed by atoms with van der Waals surface area (Å²) >= 11 is 0. The van der Waals surface area contributed by atoms with Crippen molar-refractivity contribution >= 4 is 5.69 Å². The van der Waals surface area contributed by atoms with E-state index in [1.54, 1.807) is 13.8 Å². The van der Waals surface area contributed by atoms with E-state index >= 15 is 0 Å². The fourth-order valence-electron chi connectivity index (χ4n) is 1.90. The van der Waals surface area contributed by atoms with Crippen LogP contribution in [-0.2, 0) is 0 Å². The molecule has 0 aliphatic rings. The number of nitrogens with zero attached hydrogens (tertiary/aromatic N) is 1. The van der Waals surface area contributed by atoms with Crippen LogP contribution >= 0.6 is 0 Å². The van der Waals surface area contributed by atoms with E-state index in [-0.39, 0.29) is 6.54 Å². The second-order valence-electron chi connectivity index (χ2n) is 4.58. The zero-order chi connectivity index (χ0) is 14.8. The summed E-state index contributed by atoms with van der Waals surface area (Å²) in [5, 5.41) is 0. The number of hydrogen-bond donors (Lipinski definition) is 1. The first-order valence-electron chi connectivity index (χ1n) is 6.03. The largest absolute Gasteiger partial charge is 0.405 e. The third-order valence-electron chi connectivity index (χ3n) is 2.89. The van der Waals surface area contributed by atoms with E-state index < -0.39 is 24.6 Å². The molecule has 0 heterocycles. The minimum Gasteiger partial charge on any atom is -0.363 e. The third-order valence-corrected chi connectivity index (χ3v) is 2.89. The SMILES string of the molecule is CCN(CC(F)(F)F)c1cc(C)c(F)cc1[C@H](C)N. The highest BCUT2D eigenvalue weighted by Gasteiger charge is 2.31. The first-order valence-corrected chi connectivity index (χ1v) is 6.03. The highest BCUT2D eigenvalue weighted by molar-refractivity contribution is 5.57. The molecule has 0 spiro atoms. The Hall–Kier alpha value is -1.30. The molecule has 1 aromatic rings. The molecule has 0 aliphatic heterocycles. The topological polar surface area (TPSA) is 29.3 Å². The standard InChI is InChI=1S/C13H18F4N2/c1-4-19(7-13(15,16)17)12-5-8(2)11(14)6-10(12)9(3)18/h5-6,9H,4,7,18H2,1-3H3/t9-/m0/s1. The molecule has 0 radical (unpaired) electrons. The highest BCUT2D eigenvalue weighted by Crippen LogP contribution is 2.30. The lowest BCUT2D eigenvalue weighted by atomic mass is 10.0. The summed E-state index contributed by atoms with van der Waals surface area (Å²) < 4.78 is 51.2. The molecule has 0 amide bonds. The van der Waals surface area contributed by atoms with Gasteiger partial charge in [0.2, 0.25) is 0 Å². The Bertz CT molecular complexity index is 441. The van der Waals surface area contributed by atoms with Crippen molar-refractivity contribution in [1.82, 2.24) is 0 Å². The van der Waals surface area contributed by atoms with Crippen LogP contribution < -0.4 is 10.6 Å². The Kier molecular flexibility index (Phi) is 4.79. The predicted octanol–water partition coefficient (Wildman–Crippen LogP) is 3.54. The number of anilines is 1. The molecule has 108 valence electrons. The second-order valence-corrected chi connectivity index (χ2v) is 4.58. The minimum absolute atomic E-state index is 0.171. The smallest absolute Gasteiger partial charge is 0.363 e. The quantitative estimate of drug-likeness (QED) is 0.853. The van der Waals surface area contributed by atoms with Crippen LogP contribution in [0.25, 0.3) is 0 Å². The fraction of sp³-hybridized carbons (Fsp3) is 0.538. The van der Waals surface area contributed by atoms with Crippen molar-refractivity contribution in [3.05, 3.63) is 29.1 Å². The molecule has 0 bridgehead atoms. The zero-order valence-corrected chi connectivity index (χ0v) is 11.2. The first-order chi connectivity index (χ1) is 8.65. The van der Waals surface area contributed by atoms with Gasteiger partial charge in [0.1, 0.15) is 12.4 Å². The zero-order valence-electron chi connectivity index (χ0n) is 11.2. The van der Waals surface area contributed by atoms with Gasteiger partial charge in [-0.15, -0.1) is 0 Å². The van der Waals surface area contributed by atoms with Crippen LogP contribution in [0.15, 0.2) is 12.1 Å². The van der Waals surface area contributed by atoms with Gasteiger partial charge in [-0.3, -0.25) is 0 Å². The van der Waals surface area contributed by atoms with Gasteiger partial charge < -0.3 is 10.6 Å². The molecule has 19 heavy (non-hydrogen) atoms. The summed E-state index contributed by atoms with van der Waals surface area (Å²) in [6.07, 6.45) is -4.31. The Morgan fingerprint density at radius 3 is 2.32 bits per heavy atom. The fourth-order valence-corrected chi connectivity index (χ4v) is 1.90. The van der Waals surface area contributed by atoms with Crippen molar-refractivity contribution in [2.45, 2.75) is 33.0 Å². The number of aryl methyl sites for hydroxylation is 1. The van der Waals surface area contributed by atoms with Gasteiger partial charge in [0.05, 0.1) is 0 Å². The van der Waals surface area contributed by atoms with Gasteiger partial charge in [-0.2, -0.15) is 13.2 Å². The molecule has 0 unspecified atom stereocenters. The van der Waals surface area contributed by atoms with Gasteiger partial charge in [-0.1, -0.05) is 0 Å². The molecular weight excluding hydrogens is 260 g/mol. The van der Waals surface area contributed by atoms with Crippen molar-refractivity contribution in [2.24, 2.45) is 5.73 Å². The van der Waals surface area contributed by atoms with Gasteiger partial charge in [0.25, 0.3) is 0 Å². The number of halogens is 4. The number of hydrogen-bond acceptors (Lipinski definition) is 2. The number of nitrogens with two attached hydrogens (primary N) is 1. The summed E-state index contributed by atoms with van der Waals surface area (Å²) in [6, 6.07) is 2.10. The minimum atomic E-state index is -4.31. The molecule has 1 atom stereocenters. The van der Waals surface area contributed by atoms with Crippen LogP contribution in [0.5, 0.6) is 0 Å². The normalized spacial score (nSPS) is 13.5. The monoisotopic (exact) mass is 278 g/mol. The molecule has 0 saturated heterocycles. The summed E-state index contributed by atoms with van der Waals surface area (Å²) in [4.78, 5) is 1.16. The molecule has 1 rings (SSSR count). The second kappa shape index (κ2) is 5.77. The number of alkyl halides is 3. The Morgan fingerprint density at radius 2 is 1.89 bits per heavy atom. The van der Waals surface area contributed by atoms with Crippen LogP contribution in [-0.4, -0.2) is 19.3 Å². The molecule has 1 aromatic carbocycles. The van der Waals surface area contributed by atoms with Crippen LogP contribution in [0, 0.1) is 12.7 Å². The van der Waals surface area contributed by atoms with Crippen molar-refractivity contribution in [3.8, 4) is 0 Å². The molecule has 0 fully saturated rings. The summed E-state index contributed by atoms with van der Waals surface area (Å²) in [7, 11) is 0. The lowest BCUT2D eigenvalue weighted by Gasteiger charge is -2.28. The summed E-state index contributed by atoms with van der Waals surface area (Å²) in [6.45, 7) is 3.86. The van der Waals surface area contributed by atoms with E-state index in [1.807, 2.05) is 0 Å². The van der Waals surface area contributed by atoms with Crippen LogP contribution in [0.3, 0.4) is 0 Å². The van der Waals surface area contributed by atoms with Crippen LogP contribution in [0.2, 0.25) is 0 Å². The van der Waals surface area contributed by atoms with Crippen molar-refractivity contribution < 1.29 is 17.6 Å². The lowest BCUT2D eigenvalue weighted by molar-refractivity contribution is -0.119. The van der Waals surface area contributed by atoms with E-state index in [1.165, 1.54) is 19.1 Å². The summed E-state index contributed by atoms with van der Waals surface area (Å²) in [5.41, 5.74) is 6.75. The molecule has 0 aromatic heterocycles. The van der Waals surface area contributed by atoms with Crippen molar-refractivity contribution in [1.29, 1.82) is 0 Å². The van der Waals surface area contributed by atoms with E-state index in [0.29, 0.717) is 16.8 Å². The van der Waals surface area contributed by atoms with E-state index in [2.05, 4.69) is 0 Å². The molecule has 0 aliphatic carbocycles. The molecule has 6 heteroatoms. The van der Waals surface area contributed by atoms with Crippen LogP contribution in [0.4, 0.5) is 23.2 Å². The maximum atomic E-state index is 13.5. The Labute approximate surface area is 110 Å². The van der Waals surface area contributed by atoms with E-state index in [4.69, 9.17) is 5.73 Å². The molecule has 2 nitrogen and oxygen atoms in total. The molecule has 2 N–H and O–H groups in total. The van der Waals surface area contributed by atoms with Crippen molar-refractivity contribution in [3.63, 3.8) is 0 Å². The Morgan fingerprint density at radius 1 is 1.32 bits per heavy atom. The van der Waals surface area contributed by atoms with Gasteiger partial charge in [-0.05, 0) is 44.0 Å². The van der Waals surface area contributed by atoms with Crippen molar-refractivity contribution in [2.75, 3.05) is 18.0 Å². The van der Waals surface area contributed by atoms with E-state index in [9.17, 15) is 17.6 Å². The van der Waals surface area contributed by atoms with Gasteiger partial charge in [0, 0.05) is 18.3 Å². The Balaban J connectivity index is 3.25. The van der Waals surface area contributed by atoms with E-state index in [0.717, 1.165) is 4.90 Å². The lowest BCUT2D eigenvalue weighted by Crippen LogP contribution is -2.35. The van der Waals surface area contributed by atoms with Gasteiger partial charge in [-0.25, -0.2) is 4.39 Å². The maximum Gasteiger partial charge on any atom is 0.405 e. The summed E-state index contributed by atoms with van der Waals surface area (Å²) in [5.74, 6) is -0.459. The first kappa shape index (κ1) is 15.8. The predicted molar refractivity (Wildman–Crippen MR) is 67.7 cm³/mol. The van der Waals surface area contributed by atoms with Crippen LogP contribution in [0.1, 0.15) is 31.0 Å². The third kappa shape index (κ3) is 4.09. The number of benzene rings is 1. The average molecular weight is 278 g/mol. The average Bonchev–Trinajstić information content (AvgIpc) is 2.27. The van der Waals surface area contributed by atoms with Gasteiger partial charge in [0.15, 0.2) is 0 Å².